The summed E-state index contributed by atoms with van der Waals surface area (Å²) in [6.45, 7) is 0.0130. The van der Waals surface area contributed by atoms with Gasteiger partial charge in [0.25, 0.3) is 11.8 Å². The molecule has 0 fully saturated rings. The highest BCUT2D eigenvalue weighted by Gasteiger charge is 2.38. The first kappa shape index (κ1) is 15.2. The Morgan fingerprint density at radius 3 is 2.43 bits per heavy atom. The van der Waals surface area contributed by atoms with E-state index in [0.29, 0.717) is 6.54 Å². The monoisotopic (exact) mass is 328 g/mol. The van der Waals surface area contributed by atoms with Gasteiger partial charge >= 0.3 is 0 Å². The number of rotatable bonds is 4. The number of carbonyl (C=O) groups excluding carboxylic acids is 3. The molecule has 2 aromatic carbocycles. The predicted molar refractivity (Wildman–Crippen MR) is 85.1 cm³/mol. The van der Waals surface area contributed by atoms with E-state index in [1.54, 1.807) is 12.1 Å². The zero-order valence-corrected chi connectivity index (χ0v) is 12.8. The first-order valence-corrected chi connectivity index (χ1v) is 7.41. The zero-order valence-electron chi connectivity index (χ0n) is 12.1. The molecule has 0 unspecified atom stereocenters. The van der Waals surface area contributed by atoms with Crippen molar-refractivity contribution < 1.29 is 14.4 Å². The lowest BCUT2D eigenvalue weighted by atomic mass is 10.1. The molecule has 0 radical (unpaired) electrons. The van der Waals surface area contributed by atoms with E-state index in [1.807, 2.05) is 30.3 Å². The van der Waals surface area contributed by atoms with E-state index in [1.165, 1.54) is 6.07 Å². The minimum absolute atomic E-state index is 0.162. The molecule has 2 aromatic rings. The highest BCUT2D eigenvalue weighted by atomic mass is 35.5. The summed E-state index contributed by atoms with van der Waals surface area (Å²) in [5.74, 6) is -1.44. The molecule has 1 aliphatic rings. The molecule has 23 heavy (non-hydrogen) atoms. The van der Waals surface area contributed by atoms with Crippen LogP contribution in [0, 0.1) is 0 Å². The summed E-state index contributed by atoms with van der Waals surface area (Å²) in [4.78, 5) is 37.4. The van der Waals surface area contributed by atoms with Gasteiger partial charge in [0.1, 0.15) is 6.54 Å². The first-order chi connectivity index (χ1) is 11.1. The lowest BCUT2D eigenvalue weighted by Crippen LogP contribution is -2.40. The molecule has 3 amide bonds. The summed E-state index contributed by atoms with van der Waals surface area (Å²) in [5.41, 5.74) is 1.33. The Balaban J connectivity index is 1.67. The molecule has 1 heterocycles. The lowest BCUT2D eigenvalue weighted by Gasteiger charge is -2.13. The molecular weight excluding hydrogens is 316 g/mol. The third-order valence-corrected chi connectivity index (χ3v) is 3.90. The quantitative estimate of drug-likeness (QED) is 0.875. The number of benzene rings is 2. The average molecular weight is 329 g/mol. The standard InChI is InChI=1S/C17H13ClN2O3/c18-13-8-4-7-12-15(13)17(23)20(16(12)22)10-14(21)19-9-11-5-2-1-3-6-11/h1-8H,9-10H2,(H,19,21). The van der Waals surface area contributed by atoms with Crippen LogP contribution in [0.5, 0.6) is 0 Å². The van der Waals surface area contributed by atoms with E-state index < -0.39 is 17.7 Å². The highest BCUT2D eigenvalue weighted by Crippen LogP contribution is 2.28. The molecule has 0 saturated carbocycles. The summed E-state index contributed by atoms with van der Waals surface area (Å²) >= 11 is 5.97. The number of fused-ring (bicyclic) bond motifs is 1. The first-order valence-electron chi connectivity index (χ1n) is 7.03. The van der Waals surface area contributed by atoms with Gasteiger partial charge in [-0.3, -0.25) is 19.3 Å². The smallest absolute Gasteiger partial charge is 0.263 e. The number of nitrogens with one attached hydrogen (secondary N) is 1. The highest BCUT2D eigenvalue weighted by molar-refractivity contribution is 6.37. The van der Waals surface area contributed by atoms with E-state index >= 15 is 0 Å². The predicted octanol–water partition coefficient (Wildman–Crippen LogP) is 2.25. The van der Waals surface area contributed by atoms with Crippen LogP contribution in [0.3, 0.4) is 0 Å². The molecule has 3 rings (SSSR count). The molecule has 0 bridgehead atoms. The van der Waals surface area contributed by atoms with Crippen molar-refractivity contribution in [2.45, 2.75) is 6.54 Å². The summed E-state index contributed by atoms with van der Waals surface area (Å²) in [5, 5.41) is 2.91. The summed E-state index contributed by atoms with van der Waals surface area (Å²) in [6, 6.07) is 14.1. The van der Waals surface area contributed by atoms with Crippen molar-refractivity contribution in [3.63, 3.8) is 0 Å². The van der Waals surface area contributed by atoms with Crippen LogP contribution in [0.2, 0.25) is 5.02 Å². The maximum absolute atomic E-state index is 12.3. The largest absolute Gasteiger partial charge is 0.350 e. The van der Waals surface area contributed by atoms with Crippen LogP contribution in [-0.4, -0.2) is 29.2 Å². The number of carbonyl (C=O) groups is 3. The second-order valence-corrected chi connectivity index (χ2v) is 5.53. The van der Waals surface area contributed by atoms with Crippen LogP contribution in [0.1, 0.15) is 26.3 Å². The van der Waals surface area contributed by atoms with Crippen molar-refractivity contribution in [2.75, 3.05) is 6.54 Å². The van der Waals surface area contributed by atoms with Crippen molar-refractivity contribution in [1.29, 1.82) is 0 Å². The third-order valence-electron chi connectivity index (χ3n) is 3.58. The molecule has 1 N–H and O–H groups in total. The van der Waals surface area contributed by atoms with Crippen molar-refractivity contribution >= 4 is 29.3 Å². The summed E-state index contributed by atoms with van der Waals surface area (Å²) in [7, 11) is 0. The van der Waals surface area contributed by atoms with Gasteiger partial charge in [0.05, 0.1) is 16.1 Å². The molecule has 5 nitrogen and oxygen atoms in total. The molecule has 0 spiro atoms. The molecule has 0 atom stereocenters. The normalized spacial score (nSPS) is 13.2. The topological polar surface area (TPSA) is 66.5 Å². The number of imide groups is 1. The maximum Gasteiger partial charge on any atom is 0.263 e. The van der Waals surface area contributed by atoms with Crippen molar-refractivity contribution in [1.82, 2.24) is 10.2 Å². The van der Waals surface area contributed by atoms with Crippen LogP contribution in [-0.2, 0) is 11.3 Å². The fraction of sp³-hybridized carbons (Fsp3) is 0.118. The van der Waals surface area contributed by atoms with Crippen LogP contribution in [0.4, 0.5) is 0 Å². The van der Waals surface area contributed by atoms with Gasteiger partial charge in [-0.15, -0.1) is 0 Å². The van der Waals surface area contributed by atoms with Gasteiger partial charge in [-0.1, -0.05) is 48.0 Å². The Labute approximate surface area is 137 Å². The Morgan fingerprint density at radius 2 is 1.74 bits per heavy atom. The molecule has 6 heteroatoms. The van der Waals surface area contributed by atoms with E-state index in [2.05, 4.69) is 5.32 Å². The Bertz CT molecular complexity index is 790. The zero-order chi connectivity index (χ0) is 16.4. The number of halogens is 1. The number of hydrogen-bond donors (Lipinski definition) is 1. The minimum Gasteiger partial charge on any atom is -0.350 e. The maximum atomic E-state index is 12.3. The van der Waals surface area contributed by atoms with Gasteiger partial charge in [0.2, 0.25) is 5.91 Å². The SMILES string of the molecule is O=C(CN1C(=O)c2cccc(Cl)c2C1=O)NCc1ccccc1. The second-order valence-electron chi connectivity index (χ2n) is 5.12. The number of amides is 3. The molecule has 116 valence electrons. The molecule has 0 aromatic heterocycles. The Morgan fingerprint density at radius 1 is 1.00 bits per heavy atom. The van der Waals surface area contributed by atoms with Gasteiger partial charge in [-0.05, 0) is 17.7 Å². The molecular formula is C17H13ClN2O3. The van der Waals surface area contributed by atoms with Gasteiger partial charge in [0.15, 0.2) is 0 Å². The van der Waals surface area contributed by atoms with Crippen LogP contribution in [0.15, 0.2) is 48.5 Å². The van der Waals surface area contributed by atoms with E-state index in [4.69, 9.17) is 11.6 Å². The minimum atomic E-state index is -0.537. The third kappa shape index (κ3) is 2.96. The fourth-order valence-corrected chi connectivity index (χ4v) is 2.69. The van der Waals surface area contributed by atoms with Crippen LogP contribution >= 0.6 is 11.6 Å². The molecule has 0 aliphatic carbocycles. The average Bonchev–Trinajstić information content (AvgIpc) is 2.80. The van der Waals surface area contributed by atoms with Crippen LogP contribution < -0.4 is 5.32 Å². The van der Waals surface area contributed by atoms with Crippen molar-refractivity contribution in [3.8, 4) is 0 Å². The Kier molecular flexibility index (Phi) is 4.12. The van der Waals surface area contributed by atoms with Crippen molar-refractivity contribution in [2.24, 2.45) is 0 Å². The summed E-state index contributed by atoms with van der Waals surface area (Å²) < 4.78 is 0. The lowest BCUT2D eigenvalue weighted by molar-refractivity contribution is -0.121. The summed E-state index contributed by atoms with van der Waals surface area (Å²) in [6.07, 6.45) is 0. The number of nitrogens with zero attached hydrogens (tertiary/aromatic N) is 1. The van der Waals surface area contributed by atoms with Gasteiger partial charge in [-0.2, -0.15) is 0 Å². The van der Waals surface area contributed by atoms with E-state index in [-0.39, 0.29) is 22.7 Å². The van der Waals surface area contributed by atoms with Crippen LogP contribution in [0.25, 0.3) is 0 Å². The van der Waals surface area contributed by atoms with Gasteiger partial charge in [0, 0.05) is 6.54 Å². The molecule has 1 aliphatic heterocycles. The van der Waals surface area contributed by atoms with E-state index in [0.717, 1.165) is 10.5 Å². The number of hydrogen-bond acceptors (Lipinski definition) is 3. The van der Waals surface area contributed by atoms with Gasteiger partial charge in [-0.25, -0.2) is 0 Å². The van der Waals surface area contributed by atoms with E-state index in [9.17, 15) is 14.4 Å². The Hall–Kier alpha value is -2.66. The second kappa shape index (κ2) is 6.22. The molecule has 0 saturated heterocycles. The van der Waals surface area contributed by atoms with Gasteiger partial charge < -0.3 is 5.32 Å². The fourth-order valence-electron chi connectivity index (χ4n) is 2.43. The van der Waals surface area contributed by atoms with Crippen molar-refractivity contribution in [3.05, 3.63) is 70.2 Å².